The first-order valence-corrected chi connectivity index (χ1v) is 6.71. The second kappa shape index (κ2) is 7.14. The SMILES string of the molecule is COc1cc(NCc2cn(CCO)nn2)c(OC)cc1Cl. The van der Waals surface area contributed by atoms with Crippen molar-refractivity contribution in [2.45, 2.75) is 13.1 Å². The Balaban J connectivity index is 2.10. The highest BCUT2D eigenvalue weighted by Crippen LogP contribution is 2.35. The van der Waals surface area contributed by atoms with Crippen molar-refractivity contribution in [3.05, 3.63) is 29.0 Å². The molecule has 0 saturated carbocycles. The number of aliphatic hydroxyl groups excluding tert-OH is 1. The molecule has 0 unspecified atom stereocenters. The van der Waals surface area contributed by atoms with Crippen molar-refractivity contribution in [2.75, 3.05) is 26.1 Å². The number of nitrogens with one attached hydrogen (secondary N) is 1. The molecule has 8 heteroatoms. The predicted octanol–water partition coefficient (Wildman–Crippen LogP) is 1.55. The summed E-state index contributed by atoms with van der Waals surface area (Å²) in [5, 5.41) is 20.4. The molecule has 2 N–H and O–H groups in total. The lowest BCUT2D eigenvalue weighted by atomic mass is 10.2. The molecule has 21 heavy (non-hydrogen) atoms. The van der Waals surface area contributed by atoms with E-state index in [1.165, 1.54) is 0 Å². The van der Waals surface area contributed by atoms with Crippen LogP contribution in [-0.2, 0) is 13.1 Å². The molecule has 1 heterocycles. The van der Waals surface area contributed by atoms with Gasteiger partial charge < -0.3 is 19.9 Å². The monoisotopic (exact) mass is 312 g/mol. The lowest BCUT2D eigenvalue weighted by Gasteiger charge is -2.13. The molecule has 0 fully saturated rings. The van der Waals surface area contributed by atoms with E-state index in [4.69, 9.17) is 26.2 Å². The summed E-state index contributed by atoms with van der Waals surface area (Å²) in [4.78, 5) is 0. The first-order chi connectivity index (χ1) is 10.2. The molecule has 114 valence electrons. The summed E-state index contributed by atoms with van der Waals surface area (Å²) in [5.41, 5.74) is 1.50. The largest absolute Gasteiger partial charge is 0.495 e. The fourth-order valence-corrected chi connectivity index (χ4v) is 2.05. The van der Waals surface area contributed by atoms with Gasteiger partial charge in [-0.15, -0.1) is 5.10 Å². The molecule has 0 spiro atoms. The predicted molar refractivity (Wildman–Crippen MR) is 79.0 cm³/mol. The van der Waals surface area contributed by atoms with E-state index in [1.807, 2.05) is 0 Å². The van der Waals surface area contributed by atoms with Gasteiger partial charge in [0.2, 0.25) is 0 Å². The standard InChI is InChI=1S/C13H17ClN4O3/c1-20-12-6-11(13(21-2)5-10(12)14)15-7-9-8-18(3-4-19)17-16-9/h5-6,8,15,19H,3-4,7H2,1-2H3. The summed E-state index contributed by atoms with van der Waals surface area (Å²) in [5.74, 6) is 1.17. The highest BCUT2D eigenvalue weighted by Gasteiger charge is 2.10. The Morgan fingerprint density at radius 3 is 2.71 bits per heavy atom. The van der Waals surface area contributed by atoms with Crippen LogP contribution in [-0.4, -0.2) is 40.9 Å². The van der Waals surface area contributed by atoms with E-state index < -0.39 is 0 Å². The minimum absolute atomic E-state index is 0.0262. The van der Waals surface area contributed by atoms with Gasteiger partial charge in [0.15, 0.2) is 0 Å². The van der Waals surface area contributed by atoms with E-state index in [1.54, 1.807) is 37.2 Å². The number of aliphatic hydroxyl groups is 1. The number of nitrogens with zero attached hydrogens (tertiary/aromatic N) is 3. The number of benzene rings is 1. The third kappa shape index (κ3) is 3.77. The third-order valence-corrected chi connectivity index (χ3v) is 3.14. The van der Waals surface area contributed by atoms with Crippen molar-refractivity contribution >= 4 is 17.3 Å². The first-order valence-electron chi connectivity index (χ1n) is 6.33. The van der Waals surface area contributed by atoms with Crippen molar-refractivity contribution in [1.29, 1.82) is 0 Å². The molecule has 0 aliphatic heterocycles. The van der Waals surface area contributed by atoms with E-state index in [0.717, 1.165) is 11.4 Å². The van der Waals surface area contributed by atoms with Gasteiger partial charge in [0, 0.05) is 12.1 Å². The van der Waals surface area contributed by atoms with Crippen molar-refractivity contribution in [3.8, 4) is 11.5 Å². The van der Waals surface area contributed by atoms with Crippen LogP contribution < -0.4 is 14.8 Å². The van der Waals surface area contributed by atoms with Crippen LogP contribution in [0, 0.1) is 0 Å². The van der Waals surface area contributed by atoms with Crippen molar-refractivity contribution in [2.24, 2.45) is 0 Å². The van der Waals surface area contributed by atoms with Crippen molar-refractivity contribution < 1.29 is 14.6 Å². The lowest BCUT2D eigenvalue weighted by molar-refractivity contribution is 0.268. The summed E-state index contributed by atoms with van der Waals surface area (Å²) >= 11 is 6.05. The van der Waals surface area contributed by atoms with E-state index in [0.29, 0.717) is 29.6 Å². The van der Waals surface area contributed by atoms with E-state index >= 15 is 0 Å². The number of aromatic nitrogens is 3. The van der Waals surface area contributed by atoms with Crippen LogP contribution in [0.3, 0.4) is 0 Å². The highest BCUT2D eigenvalue weighted by molar-refractivity contribution is 6.32. The molecular formula is C13H17ClN4O3. The summed E-state index contributed by atoms with van der Waals surface area (Å²) in [7, 11) is 3.12. The number of ether oxygens (including phenoxy) is 2. The molecule has 0 atom stereocenters. The first kappa shape index (κ1) is 15.4. The van der Waals surface area contributed by atoms with Gasteiger partial charge in [-0.3, -0.25) is 0 Å². The number of halogens is 1. The fourth-order valence-electron chi connectivity index (χ4n) is 1.82. The van der Waals surface area contributed by atoms with Crippen molar-refractivity contribution in [3.63, 3.8) is 0 Å². The molecule has 0 amide bonds. The molecular weight excluding hydrogens is 296 g/mol. The van der Waals surface area contributed by atoms with Gasteiger partial charge in [-0.05, 0) is 0 Å². The maximum Gasteiger partial charge on any atom is 0.143 e. The molecule has 0 bridgehead atoms. The zero-order valence-corrected chi connectivity index (χ0v) is 12.6. The molecule has 0 radical (unpaired) electrons. The van der Waals surface area contributed by atoms with Crippen LogP contribution in [0.2, 0.25) is 5.02 Å². The van der Waals surface area contributed by atoms with E-state index in [2.05, 4.69) is 15.6 Å². The van der Waals surface area contributed by atoms with Crippen LogP contribution in [0.25, 0.3) is 0 Å². The van der Waals surface area contributed by atoms with Gasteiger partial charge in [-0.1, -0.05) is 16.8 Å². The molecule has 0 aliphatic rings. The quantitative estimate of drug-likeness (QED) is 0.807. The van der Waals surface area contributed by atoms with E-state index in [9.17, 15) is 0 Å². The maximum atomic E-state index is 8.84. The molecule has 2 aromatic rings. The zero-order chi connectivity index (χ0) is 15.2. The highest BCUT2D eigenvalue weighted by atomic mass is 35.5. The Labute approximate surface area is 127 Å². The minimum Gasteiger partial charge on any atom is -0.495 e. The van der Waals surface area contributed by atoms with Gasteiger partial charge in [-0.25, -0.2) is 4.68 Å². The molecule has 1 aromatic heterocycles. The minimum atomic E-state index is 0.0262. The molecule has 1 aromatic carbocycles. The summed E-state index contributed by atoms with van der Waals surface area (Å²) in [6.45, 7) is 0.913. The smallest absolute Gasteiger partial charge is 0.143 e. The molecule has 0 aliphatic carbocycles. The normalized spacial score (nSPS) is 10.5. The second-order valence-electron chi connectivity index (χ2n) is 4.24. The Morgan fingerprint density at radius 2 is 2.05 bits per heavy atom. The Morgan fingerprint density at radius 1 is 1.29 bits per heavy atom. The van der Waals surface area contributed by atoms with E-state index in [-0.39, 0.29) is 6.61 Å². The Kier molecular flexibility index (Phi) is 5.24. The summed E-state index contributed by atoms with van der Waals surface area (Å²) in [6.07, 6.45) is 1.77. The number of anilines is 1. The van der Waals surface area contributed by atoms with Gasteiger partial charge in [0.25, 0.3) is 0 Å². The van der Waals surface area contributed by atoms with Crippen LogP contribution in [0.1, 0.15) is 5.69 Å². The second-order valence-corrected chi connectivity index (χ2v) is 4.64. The van der Waals surface area contributed by atoms with Crippen molar-refractivity contribution in [1.82, 2.24) is 15.0 Å². The molecule has 2 rings (SSSR count). The summed E-state index contributed by atoms with van der Waals surface area (Å²) < 4.78 is 12.0. The number of methoxy groups -OCH3 is 2. The molecule has 0 saturated heterocycles. The van der Waals surface area contributed by atoms with Crippen LogP contribution >= 0.6 is 11.6 Å². The van der Waals surface area contributed by atoms with Crippen LogP contribution in [0.15, 0.2) is 18.3 Å². The fraction of sp³-hybridized carbons (Fsp3) is 0.385. The third-order valence-electron chi connectivity index (χ3n) is 2.85. The molecule has 7 nitrogen and oxygen atoms in total. The lowest BCUT2D eigenvalue weighted by Crippen LogP contribution is -2.03. The number of hydrogen-bond acceptors (Lipinski definition) is 6. The van der Waals surface area contributed by atoms with Gasteiger partial charge in [-0.2, -0.15) is 0 Å². The number of rotatable bonds is 7. The zero-order valence-electron chi connectivity index (χ0n) is 11.8. The van der Waals surface area contributed by atoms with Gasteiger partial charge >= 0.3 is 0 Å². The Hall–Kier alpha value is -1.99. The average Bonchev–Trinajstić information content (AvgIpc) is 2.93. The van der Waals surface area contributed by atoms with Gasteiger partial charge in [0.05, 0.1) is 50.8 Å². The average molecular weight is 313 g/mol. The number of hydrogen-bond donors (Lipinski definition) is 2. The topological polar surface area (TPSA) is 81.4 Å². The Bertz CT molecular complexity index is 603. The van der Waals surface area contributed by atoms with Gasteiger partial charge in [0.1, 0.15) is 17.2 Å². The van der Waals surface area contributed by atoms with Crippen LogP contribution in [0.5, 0.6) is 11.5 Å². The van der Waals surface area contributed by atoms with Crippen LogP contribution in [0.4, 0.5) is 5.69 Å². The summed E-state index contributed by atoms with van der Waals surface area (Å²) in [6, 6.07) is 3.45. The maximum absolute atomic E-state index is 8.84.